The van der Waals surface area contributed by atoms with Crippen molar-refractivity contribution in [2.45, 2.75) is 291 Å². The summed E-state index contributed by atoms with van der Waals surface area (Å²) in [4.78, 5) is 20.9. The highest BCUT2D eigenvalue weighted by Gasteiger charge is 2.48. The lowest BCUT2D eigenvalue weighted by atomic mass is 9.65. The number of hydrogen-bond donors (Lipinski definition) is 0. The average Bonchev–Trinajstić information content (AvgIpc) is 1.54. The van der Waals surface area contributed by atoms with E-state index < -0.39 is 0 Å². The van der Waals surface area contributed by atoms with Gasteiger partial charge in [0.15, 0.2) is 0 Å². The van der Waals surface area contributed by atoms with Gasteiger partial charge in [-0.15, -0.1) is 68.0 Å². The zero-order valence-corrected chi connectivity index (χ0v) is 65.5. The van der Waals surface area contributed by atoms with Crippen molar-refractivity contribution in [2.24, 2.45) is 11.8 Å². The molecule has 0 radical (unpaired) electrons. The van der Waals surface area contributed by atoms with Crippen LogP contribution in [0.3, 0.4) is 0 Å². The van der Waals surface area contributed by atoms with Crippen molar-refractivity contribution in [2.75, 3.05) is 0 Å². The molecule has 3 aliphatic rings. The van der Waals surface area contributed by atoms with E-state index in [4.69, 9.17) is 13.7 Å². The van der Waals surface area contributed by atoms with Crippen LogP contribution in [0.4, 0.5) is 0 Å². The van der Waals surface area contributed by atoms with E-state index in [0.29, 0.717) is 11.8 Å². The zero-order chi connectivity index (χ0) is 66.5. The first kappa shape index (κ1) is 73.1. The van der Waals surface area contributed by atoms with Crippen molar-refractivity contribution in [3.63, 3.8) is 0 Å². The zero-order valence-electron chi connectivity index (χ0n) is 59.8. The second kappa shape index (κ2) is 37.5. The van der Waals surface area contributed by atoms with Crippen LogP contribution in [-0.2, 0) is 24.7 Å². The molecule has 3 aliphatic carbocycles. The smallest absolute Gasteiger partial charge is 0.132 e. The van der Waals surface area contributed by atoms with Gasteiger partial charge in [-0.1, -0.05) is 265 Å². The molecule has 11 rings (SSSR count). The standard InChI is InChI=1S/C86H113N3S7/c1-8-15-20-23-25-27-29-31-33-36-43-63-52-53-90-82(63)68-55-69(67-47-40-35-39-46-66(67)68)83-64(44-37-34-32-30-28-26-24-21-16-9-2)54-77(94-83)78-57-72-85(95-78)84-71(86(72,58-61(13-6)41-18-11-4)59-62(14-7)42-19-12-5)56-76(93-84)70-60-87-80(81-79(70)88-96-89-81)75-51-50-74(92-75)73-49-48-65(91-73)45-38-22-17-10-3/h35,39-40,46-57,60-62H,8-34,36-38,41-45,58-59H2,1-7H3. The minimum absolute atomic E-state index is 0.0783. The van der Waals surface area contributed by atoms with Gasteiger partial charge in [-0.2, -0.15) is 8.75 Å². The molecule has 0 amide bonds. The van der Waals surface area contributed by atoms with Gasteiger partial charge in [0.05, 0.1) is 16.6 Å². The van der Waals surface area contributed by atoms with Gasteiger partial charge >= 0.3 is 0 Å². The molecule has 8 aromatic heterocycles. The topological polar surface area (TPSA) is 38.7 Å². The number of aromatic nitrogens is 3. The fourth-order valence-electron chi connectivity index (χ4n) is 15.8. The first-order valence-corrected chi connectivity index (χ1v) is 44.3. The summed E-state index contributed by atoms with van der Waals surface area (Å²) in [5.41, 5.74) is 15.9. The Balaban J connectivity index is 0.962. The second-order valence-electron chi connectivity index (χ2n) is 28.6. The van der Waals surface area contributed by atoms with E-state index in [-0.39, 0.29) is 5.41 Å². The van der Waals surface area contributed by atoms with Crippen molar-refractivity contribution in [3.05, 3.63) is 124 Å². The Morgan fingerprint density at radius 3 is 1.47 bits per heavy atom. The first-order valence-electron chi connectivity index (χ1n) is 38.6. The van der Waals surface area contributed by atoms with Crippen LogP contribution >= 0.6 is 79.7 Å². The van der Waals surface area contributed by atoms with E-state index >= 15 is 0 Å². The summed E-state index contributed by atoms with van der Waals surface area (Å²) >= 11 is 13.4. The fraction of sp³-hybridized carbons (Fsp3) is 0.547. The van der Waals surface area contributed by atoms with Crippen molar-refractivity contribution in [1.29, 1.82) is 0 Å². The van der Waals surface area contributed by atoms with Gasteiger partial charge < -0.3 is 0 Å². The van der Waals surface area contributed by atoms with Crippen LogP contribution < -0.4 is 0 Å². The van der Waals surface area contributed by atoms with E-state index in [1.807, 2.05) is 45.3 Å². The Kier molecular flexibility index (Phi) is 28.6. The molecular weight excluding hydrogens is 1300 g/mol. The minimum Gasteiger partial charge on any atom is -0.252 e. The maximum atomic E-state index is 5.38. The number of rotatable bonds is 45. The number of hydrogen-bond acceptors (Lipinski definition) is 10. The van der Waals surface area contributed by atoms with Gasteiger partial charge in [0.25, 0.3) is 0 Å². The summed E-state index contributed by atoms with van der Waals surface area (Å²) in [6.07, 6.45) is 50.6. The molecule has 0 spiro atoms. The van der Waals surface area contributed by atoms with Gasteiger partial charge in [-0.3, -0.25) is 4.98 Å². The molecule has 0 saturated heterocycles. The van der Waals surface area contributed by atoms with Crippen molar-refractivity contribution in [1.82, 2.24) is 13.7 Å². The third kappa shape index (κ3) is 17.9. The lowest BCUT2D eigenvalue weighted by Crippen LogP contribution is -2.31. The van der Waals surface area contributed by atoms with E-state index in [0.717, 1.165) is 28.7 Å². The first-order chi connectivity index (χ1) is 47.3. The Morgan fingerprint density at radius 2 is 0.854 bits per heavy atom. The normalized spacial score (nSPS) is 14.4. The van der Waals surface area contributed by atoms with Crippen LogP contribution in [0, 0.1) is 11.8 Å². The average molecular weight is 1410 g/mol. The maximum Gasteiger partial charge on any atom is 0.132 e. The molecule has 0 aliphatic heterocycles. The van der Waals surface area contributed by atoms with Crippen LogP contribution in [0.1, 0.15) is 294 Å². The maximum absolute atomic E-state index is 5.38. The SMILES string of the molecule is CCCCCCCCCCCCc1ccsc1-c1cc(-c2sc(-c3cc4c(s3)-c3sc(-c5cnc(-c6ccc(-c7ccc(CCCCCC)s7)s6)c6nsnc56)cc3C4(CC(CC)CCCC)CC(CC)CCCC)cc2CCCCCCCCCCCC)c2cccccc1-2. The molecule has 514 valence electrons. The van der Waals surface area contributed by atoms with Gasteiger partial charge in [0.2, 0.25) is 0 Å². The summed E-state index contributed by atoms with van der Waals surface area (Å²) in [6.45, 7) is 16.7. The Hall–Kier alpha value is -4.13. The number of fused-ring (bicyclic) bond motifs is 5. The van der Waals surface area contributed by atoms with Crippen molar-refractivity contribution >= 4 is 90.8 Å². The summed E-state index contributed by atoms with van der Waals surface area (Å²) in [5, 5.41) is 2.38. The molecule has 96 heavy (non-hydrogen) atoms. The monoisotopic (exact) mass is 1410 g/mol. The van der Waals surface area contributed by atoms with Gasteiger partial charge in [0.1, 0.15) is 16.7 Å². The number of aryl methyl sites for hydroxylation is 3. The molecule has 3 nitrogen and oxygen atoms in total. The van der Waals surface area contributed by atoms with Crippen LogP contribution in [0.2, 0.25) is 0 Å². The van der Waals surface area contributed by atoms with E-state index in [1.165, 1.54) is 319 Å². The molecule has 2 unspecified atom stereocenters. The lowest BCUT2D eigenvalue weighted by molar-refractivity contribution is 0.266. The van der Waals surface area contributed by atoms with Crippen LogP contribution in [0.25, 0.3) is 93.3 Å². The van der Waals surface area contributed by atoms with Crippen LogP contribution in [0.5, 0.6) is 0 Å². The molecule has 0 aromatic carbocycles. The quantitative estimate of drug-likeness (QED) is 0.0357. The number of unbranched alkanes of at least 4 members (excludes halogenated alkanes) is 23. The Morgan fingerprint density at radius 1 is 0.365 bits per heavy atom. The highest BCUT2D eigenvalue weighted by Crippen LogP contribution is 2.64. The summed E-state index contributed by atoms with van der Waals surface area (Å²) < 4.78 is 10.2. The molecule has 0 N–H and O–H groups in total. The molecule has 8 aromatic rings. The summed E-state index contributed by atoms with van der Waals surface area (Å²) in [7, 11) is 0. The predicted octanol–water partition coefficient (Wildman–Crippen LogP) is 31.1. The molecular formula is C86H113N3S7. The molecule has 10 heteroatoms. The van der Waals surface area contributed by atoms with Crippen LogP contribution in [-0.4, -0.2) is 13.7 Å². The number of thiophene rings is 6. The molecule has 8 heterocycles. The van der Waals surface area contributed by atoms with Crippen molar-refractivity contribution < 1.29 is 0 Å². The molecule has 0 bridgehead atoms. The van der Waals surface area contributed by atoms with E-state index in [2.05, 4.69) is 168 Å². The van der Waals surface area contributed by atoms with Crippen molar-refractivity contribution in [3.8, 4) is 82.3 Å². The van der Waals surface area contributed by atoms with E-state index in [1.54, 1.807) is 22.3 Å². The number of pyridine rings is 1. The second-order valence-corrected chi connectivity index (χ2v) is 35.4. The van der Waals surface area contributed by atoms with Gasteiger partial charge in [-0.05, 0) is 157 Å². The van der Waals surface area contributed by atoms with Gasteiger partial charge in [-0.25, -0.2) is 0 Å². The minimum atomic E-state index is -0.0783. The van der Waals surface area contributed by atoms with Gasteiger partial charge in [0, 0.05) is 77.1 Å². The molecule has 0 fully saturated rings. The number of nitrogens with zero attached hydrogens (tertiary/aromatic N) is 3. The largest absolute Gasteiger partial charge is 0.252 e. The van der Waals surface area contributed by atoms with E-state index in [9.17, 15) is 0 Å². The lowest BCUT2D eigenvalue weighted by Gasteiger charge is -2.37. The highest BCUT2D eigenvalue weighted by molar-refractivity contribution is 7.28. The molecule has 2 atom stereocenters. The Labute approximate surface area is 608 Å². The highest BCUT2D eigenvalue weighted by atomic mass is 32.1. The predicted molar refractivity (Wildman–Crippen MR) is 433 cm³/mol. The summed E-state index contributed by atoms with van der Waals surface area (Å²) in [5.74, 6) is 1.30. The summed E-state index contributed by atoms with van der Waals surface area (Å²) in [6, 6.07) is 34.2. The Bertz CT molecular complexity index is 3870. The fourth-order valence-corrected chi connectivity index (χ4v) is 23.4. The van der Waals surface area contributed by atoms with Crippen LogP contribution in [0.15, 0.2) is 96.5 Å². The third-order valence-corrected chi connectivity index (χ3v) is 29.3. The third-order valence-electron chi connectivity index (χ3n) is 21.4. The molecule has 0 saturated carbocycles.